The molecule has 0 heterocycles. The first kappa shape index (κ1) is 15.8. The molecule has 0 bridgehead atoms. The molecule has 0 spiro atoms. The number of nitrogens with one attached hydrogen (secondary N) is 1. The number of carbonyl (C=O) groups excluding carboxylic acids is 1. The van der Waals surface area contributed by atoms with Gasteiger partial charge < -0.3 is 15.3 Å². The summed E-state index contributed by atoms with van der Waals surface area (Å²) in [7, 11) is 0. The van der Waals surface area contributed by atoms with Crippen molar-refractivity contribution >= 4 is 22.5 Å². The van der Waals surface area contributed by atoms with Crippen LogP contribution in [-0.2, 0) is 12.8 Å². The van der Waals surface area contributed by atoms with E-state index in [1.807, 2.05) is 19.9 Å². The van der Waals surface area contributed by atoms with Crippen LogP contribution < -0.4 is 5.32 Å². The zero-order chi connectivity index (χ0) is 16.6. The minimum absolute atomic E-state index is 0.0291. The minimum atomic E-state index is -0.545. The second-order valence-corrected chi connectivity index (χ2v) is 6.64. The van der Waals surface area contributed by atoms with Crippen molar-refractivity contribution in [1.82, 2.24) is 4.90 Å². The van der Waals surface area contributed by atoms with E-state index in [0.29, 0.717) is 6.54 Å². The van der Waals surface area contributed by atoms with Crippen LogP contribution in [0.2, 0.25) is 0 Å². The maximum absolute atomic E-state index is 12.6. The fourth-order valence-corrected chi connectivity index (χ4v) is 3.36. The Morgan fingerprint density at radius 1 is 1.17 bits per heavy atom. The lowest BCUT2D eigenvalue weighted by molar-refractivity contribution is 0.125. The number of carbonyl (C=O) groups is 1. The van der Waals surface area contributed by atoms with Gasteiger partial charge in [-0.2, -0.15) is 0 Å². The predicted molar refractivity (Wildman–Crippen MR) is 93.9 cm³/mol. The van der Waals surface area contributed by atoms with E-state index in [9.17, 15) is 9.90 Å². The van der Waals surface area contributed by atoms with E-state index in [1.54, 1.807) is 11.8 Å². The van der Waals surface area contributed by atoms with Crippen molar-refractivity contribution in [3.8, 4) is 0 Å². The summed E-state index contributed by atoms with van der Waals surface area (Å²) in [6.45, 7) is 5.93. The molecule has 4 heteroatoms. The third kappa shape index (κ3) is 3.04. The number of benzene rings is 2. The molecule has 0 saturated carbocycles. The fourth-order valence-electron chi connectivity index (χ4n) is 3.36. The van der Waals surface area contributed by atoms with Gasteiger partial charge in [0.1, 0.15) is 0 Å². The molecule has 0 saturated heterocycles. The second-order valence-electron chi connectivity index (χ2n) is 6.64. The highest BCUT2D eigenvalue weighted by Crippen LogP contribution is 2.35. The van der Waals surface area contributed by atoms with E-state index in [4.69, 9.17) is 0 Å². The highest BCUT2D eigenvalue weighted by atomic mass is 16.3. The summed E-state index contributed by atoms with van der Waals surface area (Å²) in [6, 6.07) is 10.3. The average Bonchev–Trinajstić information content (AvgIpc) is 2.92. The van der Waals surface area contributed by atoms with Crippen LogP contribution in [0.4, 0.5) is 10.5 Å². The molecule has 2 N–H and O–H groups in total. The van der Waals surface area contributed by atoms with Gasteiger partial charge in [-0.3, -0.25) is 0 Å². The summed E-state index contributed by atoms with van der Waals surface area (Å²) >= 11 is 0. The summed E-state index contributed by atoms with van der Waals surface area (Å²) in [5.74, 6) is 0. The van der Waals surface area contributed by atoms with Gasteiger partial charge in [-0.25, -0.2) is 4.79 Å². The Bertz CT molecular complexity index is 727. The first-order valence-corrected chi connectivity index (χ1v) is 8.26. The van der Waals surface area contributed by atoms with Crippen LogP contribution in [0.5, 0.6) is 0 Å². The number of amides is 2. The van der Waals surface area contributed by atoms with Gasteiger partial charge in [-0.15, -0.1) is 0 Å². The predicted octanol–water partition coefficient (Wildman–Crippen LogP) is 3.56. The van der Waals surface area contributed by atoms with E-state index in [2.05, 4.69) is 29.6 Å². The quantitative estimate of drug-likeness (QED) is 0.907. The largest absolute Gasteiger partial charge is 0.392 e. The molecule has 0 radical (unpaired) electrons. The summed E-state index contributed by atoms with van der Waals surface area (Å²) < 4.78 is 0. The Labute approximate surface area is 137 Å². The minimum Gasteiger partial charge on any atom is -0.392 e. The molecular formula is C19H24N2O2. The van der Waals surface area contributed by atoms with Gasteiger partial charge in [0, 0.05) is 18.0 Å². The second kappa shape index (κ2) is 6.20. The smallest absolute Gasteiger partial charge is 0.322 e. The number of hydrogen-bond acceptors (Lipinski definition) is 2. The maximum atomic E-state index is 12.6. The highest BCUT2D eigenvalue weighted by molar-refractivity contribution is 6.04. The van der Waals surface area contributed by atoms with Crippen LogP contribution in [0.25, 0.3) is 10.8 Å². The molecule has 0 aromatic heterocycles. The van der Waals surface area contributed by atoms with Crippen LogP contribution in [0.1, 0.15) is 31.9 Å². The number of aliphatic hydroxyl groups excluding tert-OH is 1. The molecule has 2 aromatic carbocycles. The van der Waals surface area contributed by atoms with E-state index in [-0.39, 0.29) is 12.1 Å². The van der Waals surface area contributed by atoms with Gasteiger partial charge in [0.25, 0.3) is 0 Å². The molecule has 1 unspecified atom stereocenters. The van der Waals surface area contributed by atoms with Crippen LogP contribution in [0, 0.1) is 0 Å². The number of aryl methyl sites for hydroxylation is 2. The summed E-state index contributed by atoms with van der Waals surface area (Å²) in [5, 5.41) is 15.0. The lowest BCUT2D eigenvalue weighted by Gasteiger charge is -2.28. The molecule has 0 fully saturated rings. The molecule has 1 aliphatic carbocycles. The molecule has 1 atom stereocenters. The number of hydrogen-bond donors (Lipinski definition) is 2. The number of aliphatic hydroxyl groups is 1. The molecule has 23 heavy (non-hydrogen) atoms. The average molecular weight is 312 g/mol. The van der Waals surface area contributed by atoms with Crippen molar-refractivity contribution in [3.63, 3.8) is 0 Å². The van der Waals surface area contributed by atoms with Crippen molar-refractivity contribution in [2.24, 2.45) is 0 Å². The topological polar surface area (TPSA) is 52.6 Å². The van der Waals surface area contributed by atoms with Gasteiger partial charge >= 0.3 is 6.03 Å². The SMILES string of the molecule is CC(O)CN(C(=O)Nc1ccc2c3c(cccc13)CC2)C(C)C. The van der Waals surface area contributed by atoms with E-state index < -0.39 is 6.10 Å². The highest BCUT2D eigenvalue weighted by Gasteiger charge is 2.21. The molecule has 2 amide bonds. The Morgan fingerprint density at radius 3 is 2.52 bits per heavy atom. The number of rotatable bonds is 4. The lowest BCUT2D eigenvalue weighted by Crippen LogP contribution is -2.43. The number of nitrogens with zero attached hydrogens (tertiary/aromatic N) is 1. The van der Waals surface area contributed by atoms with Crippen molar-refractivity contribution in [3.05, 3.63) is 41.5 Å². The first-order valence-electron chi connectivity index (χ1n) is 8.26. The first-order chi connectivity index (χ1) is 11.0. The third-order valence-electron chi connectivity index (χ3n) is 4.46. The van der Waals surface area contributed by atoms with Crippen LogP contribution in [0.15, 0.2) is 30.3 Å². The standard InChI is InChI=1S/C19H24N2O2/c1-12(2)21(11-13(3)22)19(23)20-17-10-9-15-8-7-14-5-4-6-16(17)18(14)15/h4-6,9-10,12-13,22H,7-8,11H2,1-3H3,(H,20,23). The Balaban J connectivity index is 1.91. The Kier molecular flexibility index (Phi) is 4.26. The third-order valence-corrected chi connectivity index (χ3v) is 4.46. The summed E-state index contributed by atoms with van der Waals surface area (Å²) in [4.78, 5) is 14.3. The zero-order valence-electron chi connectivity index (χ0n) is 14.0. The molecule has 4 nitrogen and oxygen atoms in total. The zero-order valence-corrected chi connectivity index (χ0v) is 14.0. The Hall–Kier alpha value is -2.07. The van der Waals surface area contributed by atoms with Crippen LogP contribution >= 0.6 is 0 Å². The van der Waals surface area contributed by atoms with Crippen LogP contribution in [-0.4, -0.2) is 34.7 Å². The molecular weight excluding hydrogens is 288 g/mol. The van der Waals surface area contributed by atoms with Gasteiger partial charge in [0.2, 0.25) is 0 Å². The van der Waals surface area contributed by atoms with Crippen molar-refractivity contribution in [2.45, 2.75) is 45.8 Å². The van der Waals surface area contributed by atoms with E-state index in [1.165, 1.54) is 16.5 Å². The summed E-state index contributed by atoms with van der Waals surface area (Å²) in [5.41, 5.74) is 3.56. The van der Waals surface area contributed by atoms with Crippen molar-refractivity contribution in [1.29, 1.82) is 0 Å². The van der Waals surface area contributed by atoms with Crippen molar-refractivity contribution < 1.29 is 9.90 Å². The van der Waals surface area contributed by atoms with E-state index >= 15 is 0 Å². The normalized spacial score (nSPS) is 14.3. The van der Waals surface area contributed by atoms with Gasteiger partial charge in [0.05, 0.1) is 11.8 Å². The molecule has 122 valence electrons. The number of urea groups is 1. The van der Waals surface area contributed by atoms with E-state index in [0.717, 1.165) is 23.9 Å². The van der Waals surface area contributed by atoms with Gasteiger partial charge in [-0.05, 0) is 56.2 Å². The number of anilines is 1. The molecule has 1 aliphatic rings. The molecule has 2 aromatic rings. The van der Waals surface area contributed by atoms with Crippen molar-refractivity contribution in [2.75, 3.05) is 11.9 Å². The maximum Gasteiger partial charge on any atom is 0.322 e. The molecule has 0 aliphatic heterocycles. The van der Waals surface area contributed by atoms with Gasteiger partial charge in [0.15, 0.2) is 0 Å². The monoisotopic (exact) mass is 312 g/mol. The van der Waals surface area contributed by atoms with Gasteiger partial charge in [-0.1, -0.05) is 24.3 Å². The summed E-state index contributed by atoms with van der Waals surface area (Å²) in [6.07, 6.45) is 1.60. The fraction of sp³-hybridized carbons (Fsp3) is 0.421. The molecule has 3 rings (SSSR count). The van der Waals surface area contributed by atoms with Crippen LogP contribution in [0.3, 0.4) is 0 Å². The Morgan fingerprint density at radius 2 is 1.87 bits per heavy atom. The lowest BCUT2D eigenvalue weighted by atomic mass is 10.0.